The van der Waals surface area contributed by atoms with E-state index < -0.39 is 10.2 Å². The minimum atomic E-state index is -3.31. The van der Waals surface area contributed by atoms with Crippen molar-refractivity contribution in [2.75, 3.05) is 19.7 Å². The Hall–Kier alpha value is -0.170. The summed E-state index contributed by atoms with van der Waals surface area (Å²) in [4.78, 5) is 0. The largest absolute Gasteiger partial charge is 0.377 e. The highest BCUT2D eigenvalue weighted by atomic mass is 32.2. The maximum Gasteiger partial charge on any atom is 0.276 e. The van der Waals surface area contributed by atoms with Crippen LogP contribution in [0.3, 0.4) is 0 Å². The topological polar surface area (TPSA) is 67.4 Å². The van der Waals surface area contributed by atoms with Crippen molar-refractivity contribution in [3.8, 4) is 0 Å². The first-order valence-corrected chi connectivity index (χ1v) is 6.48. The SMILES string of the molecule is CCCNS(=O)(=O)NCC1CCCO1. The van der Waals surface area contributed by atoms with E-state index in [1.54, 1.807) is 0 Å². The molecule has 1 aliphatic rings. The van der Waals surface area contributed by atoms with E-state index in [9.17, 15) is 8.42 Å². The number of ether oxygens (including phenoxy) is 1. The standard InChI is InChI=1S/C8H18N2O3S/c1-2-5-9-14(11,12)10-7-8-4-3-6-13-8/h8-10H,2-7H2,1H3. The molecule has 2 N–H and O–H groups in total. The van der Waals surface area contributed by atoms with Crippen molar-refractivity contribution in [1.82, 2.24) is 9.44 Å². The summed E-state index contributed by atoms with van der Waals surface area (Å²) in [6.45, 7) is 3.51. The minimum Gasteiger partial charge on any atom is -0.377 e. The van der Waals surface area contributed by atoms with Crippen LogP contribution in [0.4, 0.5) is 0 Å². The van der Waals surface area contributed by atoms with Crippen LogP contribution >= 0.6 is 0 Å². The summed E-state index contributed by atoms with van der Waals surface area (Å²) in [7, 11) is -3.31. The highest BCUT2D eigenvalue weighted by Crippen LogP contribution is 2.10. The van der Waals surface area contributed by atoms with Crippen LogP contribution in [0.5, 0.6) is 0 Å². The first-order chi connectivity index (χ1) is 6.64. The summed E-state index contributed by atoms with van der Waals surface area (Å²) >= 11 is 0. The summed E-state index contributed by atoms with van der Waals surface area (Å²) in [6.07, 6.45) is 2.81. The molecule has 0 aromatic heterocycles. The Kier molecular flexibility index (Phi) is 4.80. The van der Waals surface area contributed by atoms with Crippen molar-refractivity contribution in [3.05, 3.63) is 0 Å². The smallest absolute Gasteiger partial charge is 0.276 e. The van der Waals surface area contributed by atoms with Crippen LogP contribution < -0.4 is 9.44 Å². The van der Waals surface area contributed by atoms with Gasteiger partial charge in [-0.05, 0) is 19.3 Å². The van der Waals surface area contributed by atoms with E-state index in [1.807, 2.05) is 6.92 Å². The Balaban J connectivity index is 2.21. The summed E-state index contributed by atoms with van der Waals surface area (Å²) in [5.74, 6) is 0. The number of nitrogens with one attached hydrogen (secondary N) is 2. The fraction of sp³-hybridized carbons (Fsp3) is 1.00. The molecule has 1 unspecified atom stereocenters. The maximum atomic E-state index is 11.3. The van der Waals surface area contributed by atoms with Gasteiger partial charge in [-0.2, -0.15) is 13.1 Å². The monoisotopic (exact) mass is 222 g/mol. The van der Waals surface area contributed by atoms with Crippen molar-refractivity contribution in [2.45, 2.75) is 32.3 Å². The van der Waals surface area contributed by atoms with Gasteiger partial charge in [0.2, 0.25) is 0 Å². The lowest BCUT2D eigenvalue weighted by Crippen LogP contribution is -2.40. The van der Waals surface area contributed by atoms with Gasteiger partial charge in [-0.3, -0.25) is 0 Å². The fourth-order valence-electron chi connectivity index (χ4n) is 1.30. The van der Waals surface area contributed by atoms with Crippen molar-refractivity contribution in [3.63, 3.8) is 0 Å². The Morgan fingerprint density at radius 2 is 2.21 bits per heavy atom. The van der Waals surface area contributed by atoms with E-state index in [1.165, 1.54) is 0 Å². The van der Waals surface area contributed by atoms with Gasteiger partial charge in [0.05, 0.1) is 6.10 Å². The van der Waals surface area contributed by atoms with E-state index in [4.69, 9.17) is 4.74 Å². The van der Waals surface area contributed by atoms with Gasteiger partial charge >= 0.3 is 0 Å². The summed E-state index contributed by atoms with van der Waals surface area (Å²) in [6, 6.07) is 0. The third kappa shape index (κ3) is 4.36. The van der Waals surface area contributed by atoms with Crippen LogP contribution in [0.2, 0.25) is 0 Å². The fourth-order valence-corrected chi connectivity index (χ4v) is 2.28. The zero-order valence-electron chi connectivity index (χ0n) is 8.45. The molecule has 1 aliphatic heterocycles. The van der Waals surface area contributed by atoms with Crippen LogP contribution in [-0.4, -0.2) is 34.2 Å². The van der Waals surface area contributed by atoms with Gasteiger partial charge in [0, 0.05) is 19.7 Å². The summed E-state index contributed by atoms with van der Waals surface area (Å²) < 4.78 is 32.7. The molecule has 1 rings (SSSR count). The van der Waals surface area contributed by atoms with Crippen LogP contribution in [0.25, 0.3) is 0 Å². The van der Waals surface area contributed by atoms with Crippen molar-refractivity contribution >= 4 is 10.2 Å². The second kappa shape index (κ2) is 5.65. The van der Waals surface area contributed by atoms with Crippen LogP contribution in [0.15, 0.2) is 0 Å². The normalized spacial score (nSPS) is 22.8. The molecule has 0 bridgehead atoms. The van der Waals surface area contributed by atoms with Gasteiger partial charge in [0.1, 0.15) is 0 Å². The Morgan fingerprint density at radius 3 is 2.79 bits per heavy atom. The van der Waals surface area contributed by atoms with Gasteiger partial charge in [0.15, 0.2) is 0 Å². The van der Waals surface area contributed by atoms with Crippen LogP contribution in [-0.2, 0) is 14.9 Å². The first-order valence-electron chi connectivity index (χ1n) is 5.00. The predicted molar refractivity (Wildman–Crippen MR) is 54.2 cm³/mol. The van der Waals surface area contributed by atoms with Crippen LogP contribution in [0, 0.1) is 0 Å². The van der Waals surface area contributed by atoms with Gasteiger partial charge < -0.3 is 4.74 Å². The van der Waals surface area contributed by atoms with Gasteiger partial charge in [0.25, 0.3) is 10.2 Å². The van der Waals surface area contributed by atoms with E-state index in [0.717, 1.165) is 25.9 Å². The molecule has 5 nitrogen and oxygen atoms in total. The van der Waals surface area contributed by atoms with Crippen molar-refractivity contribution < 1.29 is 13.2 Å². The molecule has 1 atom stereocenters. The zero-order valence-corrected chi connectivity index (χ0v) is 9.27. The molecule has 14 heavy (non-hydrogen) atoms. The van der Waals surface area contributed by atoms with E-state index in [0.29, 0.717) is 13.1 Å². The number of hydrogen-bond donors (Lipinski definition) is 2. The Morgan fingerprint density at radius 1 is 1.43 bits per heavy atom. The second-order valence-corrected chi connectivity index (χ2v) is 4.97. The molecule has 1 saturated heterocycles. The van der Waals surface area contributed by atoms with E-state index in [2.05, 4.69) is 9.44 Å². The average molecular weight is 222 g/mol. The van der Waals surface area contributed by atoms with E-state index >= 15 is 0 Å². The molecule has 0 aromatic carbocycles. The van der Waals surface area contributed by atoms with Crippen molar-refractivity contribution in [1.29, 1.82) is 0 Å². The molecular formula is C8H18N2O3S. The average Bonchev–Trinajstić information content (AvgIpc) is 2.64. The van der Waals surface area contributed by atoms with Gasteiger partial charge in [-0.15, -0.1) is 0 Å². The lowest BCUT2D eigenvalue weighted by Gasteiger charge is -2.11. The quantitative estimate of drug-likeness (QED) is 0.664. The lowest BCUT2D eigenvalue weighted by molar-refractivity contribution is 0.114. The Bertz CT molecular complexity index is 247. The van der Waals surface area contributed by atoms with Crippen molar-refractivity contribution in [2.24, 2.45) is 0 Å². The maximum absolute atomic E-state index is 11.3. The van der Waals surface area contributed by atoms with E-state index in [-0.39, 0.29) is 6.10 Å². The summed E-state index contributed by atoms with van der Waals surface area (Å²) in [5.41, 5.74) is 0. The highest BCUT2D eigenvalue weighted by Gasteiger charge is 2.17. The molecule has 1 heterocycles. The predicted octanol–water partition coefficient (Wildman–Crippen LogP) is -0.000600. The van der Waals surface area contributed by atoms with Gasteiger partial charge in [-0.1, -0.05) is 6.92 Å². The summed E-state index contributed by atoms with van der Waals surface area (Å²) in [5, 5.41) is 0. The highest BCUT2D eigenvalue weighted by molar-refractivity contribution is 7.87. The van der Waals surface area contributed by atoms with Crippen LogP contribution in [0.1, 0.15) is 26.2 Å². The van der Waals surface area contributed by atoms with Gasteiger partial charge in [-0.25, -0.2) is 4.72 Å². The second-order valence-electron chi connectivity index (χ2n) is 3.38. The molecule has 0 aliphatic carbocycles. The third-order valence-electron chi connectivity index (χ3n) is 2.07. The third-order valence-corrected chi connectivity index (χ3v) is 3.20. The molecule has 1 fully saturated rings. The lowest BCUT2D eigenvalue weighted by atomic mass is 10.2. The molecular weight excluding hydrogens is 204 g/mol. The Labute approximate surface area is 85.4 Å². The molecule has 84 valence electrons. The number of rotatable bonds is 6. The number of hydrogen-bond acceptors (Lipinski definition) is 3. The molecule has 0 saturated carbocycles. The molecule has 6 heteroatoms. The minimum absolute atomic E-state index is 0.0493. The molecule has 0 aromatic rings. The molecule has 0 amide bonds. The molecule has 0 spiro atoms. The zero-order chi connectivity index (χ0) is 10.4. The first kappa shape index (κ1) is 11.9. The molecule has 0 radical (unpaired) electrons.